The zero-order chi connectivity index (χ0) is 28.0. The summed E-state index contributed by atoms with van der Waals surface area (Å²) in [7, 11) is 1.68. The van der Waals surface area contributed by atoms with E-state index in [9.17, 15) is 0 Å². The van der Waals surface area contributed by atoms with E-state index >= 15 is 0 Å². The Hall–Kier alpha value is -3.02. The van der Waals surface area contributed by atoms with Crippen LogP contribution >= 0.6 is 0 Å². The molecule has 1 N–H and O–H groups in total. The van der Waals surface area contributed by atoms with E-state index in [1.54, 1.807) is 7.11 Å². The molecule has 210 valence electrons. The fourth-order valence-electron chi connectivity index (χ4n) is 4.90. The number of hydrogen-bond acceptors (Lipinski definition) is 5. The SMILES string of the molecule is CCCCOC1c2cc(NCc3ccc(OC)cc3)ccc2OC(C)(C)C1OCc1ccc(C(C)(C)C)cc1. The smallest absolute Gasteiger partial charge is 0.132 e. The molecule has 5 heteroatoms. The molecule has 4 rings (SSSR count). The summed E-state index contributed by atoms with van der Waals surface area (Å²) < 4.78 is 25.0. The van der Waals surface area contributed by atoms with Gasteiger partial charge in [0.25, 0.3) is 0 Å². The lowest BCUT2D eigenvalue weighted by molar-refractivity contribution is -0.167. The van der Waals surface area contributed by atoms with Crippen LogP contribution in [-0.2, 0) is 28.0 Å². The van der Waals surface area contributed by atoms with Crippen molar-refractivity contribution in [3.05, 3.63) is 89.0 Å². The first-order valence-corrected chi connectivity index (χ1v) is 14.1. The van der Waals surface area contributed by atoms with E-state index in [-0.39, 0.29) is 17.6 Å². The molecule has 0 aliphatic carbocycles. The summed E-state index contributed by atoms with van der Waals surface area (Å²) in [5, 5.41) is 3.55. The highest BCUT2D eigenvalue weighted by atomic mass is 16.6. The summed E-state index contributed by atoms with van der Waals surface area (Å²) >= 11 is 0. The van der Waals surface area contributed by atoms with Crippen LogP contribution < -0.4 is 14.8 Å². The lowest BCUT2D eigenvalue weighted by Crippen LogP contribution is -2.51. The van der Waals surface area contributed by atoms with Crippen molar-refractivity contribution in [2.75, 3.05) is 19.0 Å². The Balaban J connectivity index is 1.54. The zero-order valence-electron chi connectivity index (χ0n) is 24.7. The second-order valence-electron chi connectivity index (χ2n) is 12.0. The normalized spacial score (nSPS) is 18.2. The molecule has 1 aliphatic rings. The highest BCUT2D eigenvalue weighted by Gasteiger charge is 2.45. The minimum Gasteiger partial charge on any atom is -0.497 e. The first-order chi connectivity index (χ1) is 18.6. The highest BCUT2D eigenvalue weighted by Crippen LogP contribution is 2.44. The van der Waals surface area contributed by atoms with Gasteiger partial charge in [0.2, 0.25) is 0 Å². The van der Waals surface area contributed by atoms with Gasteiger partial charge in [-0.1, -0.05) is 70.5 Å². The lowest BCUT2D eigenvalue weighted by Gasteiger charge is -2.44. The van der Waals surface area contributed by atoms with Crippen molar-refractivity contribution < 1.29 is 18.9 Å². The summed E-state index contributed by atoms with van der Waals surface area (Å²) in [5.74, 6) is 1.71. The van der Waals surface area contributed by atoms with Crippen LogP contribution in [-0.4, -0.2) is 25.4 Å². The van der Waals surface area contributed by atoms with E-state index in [0.29, 0.717) is 19.8 Å². The Morgan fingerprint density at radius 1 is 0.897 bits per heavy atom. The topological polar surface area (TPSA) is 49.0 Å². The third-order valence-electron chi connectivity index (χ3n) is 7.35. The third kappa shape index (κ3) is 7.34. The second-order valence-corrected chi connectivity index (χ2v) is 12.0. The molecule has 39 heavy (non-hydrogen) atoms. The average Bonchev–Trinajstić information content (AvgIpc) is 2.91. The van der Waals surface area contributed by atoms with E-state index < -0.39 is 5.60 Å². The number of anilines is 1. The fraction of sp³-hybridized carbons (Fsp3) is 0.471. The molecule has 2 unspecified atom stereocenters. The Morgan fingerprint density at radius 3 is 2.23 bits per heavy atom. The van der Waals surface area contributed by atoms with Gasteiger partial charge in [-0.3, -0.25) is 0 Å². The van der Waals surface area contributed by atoms with Crippen LogP contribution in [0.4, 0.5) is 5.69 Å². The summed E-state index contributed by atoms with van der Waals surface area (Å²) in [6, 6.07) is 23.1. The Morgan fingerprint density at radius 2 is 1.59 bits per heavy atom. The number of nitrogens with one attached hydrogen (secondary N) is 1. The van der Waals surface area contributed by atoms with Crippen molar-refractivity contribution in [1.82, 2.24) is 0 Å². The van der Waals surface area contributed by atoms with Crippen molar-refractivity contribution in [3.63, 3.8) is 0 Å². The van der Waals surface area contributed by atoms with Gasteiger partial charge in [-0.25, -0.2) is 0 Å². The van der Waals surface area contributed by atoms with Crippen molar-refractivity contribution >= 4 is 5.69 Å². The molecule has 0 spiro atoms. The summed E-state index contributed by atoms with van der Waals surface area (Å²) in [6.45, 7) is 15.0. The molecule has 5 nitrogen and oxygen atoms in total. The number of rotatable bonds is 11. The van der Waals surface area contributed by atoms with E-state index in [0.717, 1.165) is 41.2 Å². The van der Waals surface area contributed by atoms with Crippen LogP contribution in [0.15, 0.2) is 66.7 Å². The summed E-state index contributed by atoms with van der Waals surface area (Å²) in [6.07, 6.45) is 1.59. The molecule has 0 aromatic heterocycles. The van der Waals surface area contributed by atoms with Crippen LogP contribution in [0.1, 0.15) is 82.7 Å². The number of ether oxygens (including phenoxy) is 4. The molecule has 0 saturated carbocycles. The standard InChI is InChI=1S/C34H45NO4/c1-8-9-20-37-31-29-21-27(35-22-24-12-17-28(36-7)18-13-24)16-19-30(29)39-34(5,6)32(31)38-23-25-10-14-26(15-11-25)33(2,3)4/h10-19,21,31-32,35H,8-9,20,22-23H2,1-7H3. The highest BCUT2D eigenvalue weighted by molar-refractivity contribution is 5.54. The van der Waals surface area contributed by atoms with Crippen molar-refractivity contribution in [2.45, 2.75) is 90.8 Å². The molecule has 1 aliphatic heterocycles. The maximum Gasteiger partial charge on any atom is 0.132 e. The van der Waals surface area contributed by atoms with Gasteiger partial charge in [-0.15, -0.1) is 0 Å². The van der Waals surface area contributed by atoms with Crippen LogP contribution in [0.2, 0.25) is 0 Å². The molecule has 0 bridgehead atoms. The minimum absolute atomic E-state index is 0.125. The Bertz CT molecular complexity index is 1200. The molecule has 0 amide bonds. The van der Waals surface area contributed by atoms with Gasteiger partial charge in [0.1, 0.15) is 29.3 Å². The molecule has 3 aromatic rings. The third-order valence-corrected chi connectivity index (χ3v) is 7.35. The van der Waals surface area contributed by atoms with Crippen LogP contribution in [0.25, 0.3) is 0 Å². The number of methoxy groups -OCH3 is 1. The molecule has 2 atom stereocenters. The molecular weight excluding hydrogens is 486 g/mol. The maximum atomic E-state index is 6.62. The van der Waals surface area contributed by atoms with E-state index in [4.69, 9.17) is 18.9 Å². The summed E-state index contributed by atoms with van der Waals surface area (Å²) in [5.41, 5.74) is 5.27. The molecule has 0 radical (unpaired) electrons. The van der Waals surface area contributed by atoms with E-state index in [2.05, 4.69) is 95.4 Å². The average molecular weight is 532 g/mol. The number of benzene rings is 3. The van der Waals surface area contributed by atoms with Crippen molar-refractivity contribution in [3.8, 4) is 11.5 Å². The maximum absolute atomic E-state index is 6.62. The first kappa shape index (κ1) is 29.0. The van der Waals surface area contributed by atoms with Crippen LogP contribution in [0.5, 0.6) is 11.5 Å². The predicted molar refractivity (Wildman–Crippen MR) is 159 cm³/mol. The monoisotopic (exact) mass is 531 g/mol. The van der Waals surface area contributed by atoms with Gasteiger partial charge in [0, 0.05) is 24.4 Å². The van der Waals surface area contributed by atoms with Crippen molar-refractivity contribution in [2.24, 2.45) is 0 Å². The van der Waals surface area contributed by atoms with Gasteiger partial charge in [-0.05, 0) is 72.7 Å². The van der Waals surface area contributed by atoms with Crippen LogP contribution in [0, 0.1) is 0 Å². The largest absolute Gasteiger partial charge is 0.497 e. The molecule has 3 aromatic carbocycles. The molecule has 0 fully saturated rings. The molecule has 1 heterocycles. The summed E-state index contributed by atoms with van der Waals surface area (Å²) in [4.78, 5) is 0. The minimum atomic E-state index is -0.548. The lowest BCUT2D eigenvalue weighted by atomic mass is 9.86. The second kappa shape index (κ2) is 12.4. The zero-order valence-corrected chi connectivity index (χ0v) is 24.7. The van der Waals surface area contributed by atoms with E-state index in [1.807, 2.05) is 18.2 Å². The Kier molecular flexibility index (Phi) is 9.24. The van der Waals surface area contributed by atoms with Gasteiger partial charge in [0.05, 0.1) is 13.7 Å². The van der Waals surface area contributed by atoms with Gasteiger partial charge in [0.15, 0.2) is 0 Å². The molecule has 0 saturated heterocycles. The number of fused-ring (bicyclic) bond motifs is 1. The van der Waals surface area contributed by atoms with Gasteiger partial charge < -0.3 is 24.3 Å². The first-order valence-electron chi connectivity index (χ1n) is 14.1. The van der Waals surface area contributed by atoms with Crippen molar-refractivity contribution in [1.29, 1.82) is 0 Å². The number of hydrogen-bond donors (Lipinski definition) is 1. The number of unbranched alkanes of at least 4 members (excludes halogenated alkanes) is 1. The van der Waals surface area contributed by atoms with E-state index in [1.165, 1.54) is 11.1 Å². The van der Waals surface area contributed by atoms with Gasteiger partial charge >= 0.3 is 0 Å². The van der Waals surface area contributed by atoms with Gasteiger partial charge in [-0.2, -0.15) is 0 Å². The van der Waals surface area contributed by atoms with Crippen LogP contribution in [0.3, 0.4) is 0 Å². The quantitative estimate of drug-likeness (QED) is 0.253. The predicted octanol–water partition coefficient (Wildman–Crippen LogP) is 8.22. The Labute approximate surface area is 234 Å². The molecular formula is C34H45NO4. The fourth-order valence-corrected chi connectivity index (χ4v) is 4.90.